The Morgan fingerprint density at radius 1 is 1.27 bits per heavy atom. The fourth-order valence-electron chi connectivity index (χ4n) is 3.07. The summed E-state index contributed by atoms with van der Waals surface area (Å²) in [5, 5.41) is 4.06. The number of amides is 1. The van der Waals surface area contributed by atoms with Gasteiger partial charge in [-0.2, -0.15) is 4.98 Å². The molecule has 3 aromatic rings. The largest absolute Gasteiger partial charge is 0.494 e. The summed E-state index contributed by atoms with van der Waals surface area (Å²) >= 11 is 0. The maximum Gasteiger partial charge on any atom is 0.232 e. The number of furan rings is 1. The van der Waals surface area contributed by atoms with Crippen molar-refractivity contribution in [1.82, 2.24) is 15.0 Å². The second-order valence-corrected chi connectivity index (χ2v) is 6.17. The van der Waals surface area contributed by atoms with Gasteiger partial charge in [-0.1, -0.05) is 5.16 Å². The molecule has 0 N–H and O–H groups in total. The van der Waals surface area contributed by atoms with Gasteiger partial charge in [-0.25, -0.2) is 0 Å². The molecule has 4 rings (SSSR count). The summed E-state index contributed by atoms with van der Waals surface area (Å²) in [4.78, 5) is 18.5. The van der Waals surface area contributed by atoms with Crippen LogP contribution in [0, 0.1) is 0 Å². The van der Waals surface area contributed by atoms with Crippen molar-refractivity contribution in [3.8, 4) is 17.1 Å². The van der Waals surface area contributed by atoms with Crippen LogP contribution in [-0.2, 0) is 11.3 Å². The molecule has 1 atom stereocenters. The van der Waals surface area contributed by atoms with Crippen LogP contribution in [0.5, 0.6) is 5.75 Å². The molecule has 26 heavy (non-hydrogen) atoms. The average molecular weight is 353 g/mol. The van der Waals surface area contributed by atoms with Crippen molar-refractivity contribution in [2.24, 2.45) is 0 Å². The Bertz CT molecular complexity index is 871. The van der Waals surface area contributed by atoms with E-state index in [2.05, 4.69) is 10.1 Å². The molecular weight excluding hydrogens is 334 g/mol. The molecule has 3 heterocycles. The van der Waals surface area contributed by atoms with E-state index in [4.69, 9.17) is 13.7 Å². The van der Waals surface area contributed by atoms with E-state index in [1.54, 1.807) is 11.2 Å². The third-order valence-corrected chi connectivity index (χ3v) is 4.36. The summed E-state index contributed by atoms with van der Waals surface area (Å²) < 4.78 is 16.2. The normalized spacial score (nSPS) is 17.0. The fraction of sp³-hybridized carbons (Fsp3) is 0.316. The topological polar surface area (TPSA) is 81.6 Å². The van der Waals surface area contributed by atoms with Gasteiger partial charge in [0, 0.05) is 18.5 Å². The van der Waals surface area contributed by atoms with Gasteiger partial charge in [0.05, 0.1) is 25.3 Å². The van der Waals surface area contributed by atoms with Crippen molar-refractivity contribution < 1.29 is 18.5 Å². The van der Waals surface area contributed by atoms with E-state index in [1.165, 1.54) is 0 Å². The lowest BCUT2D eigenvalue weighted by Crippen LogP contribution is -2.24. The van der Waals surface area contributed by atoms with Gasteiger partial charge in [-0.3, -0.25) is 4.79 Å². The Kier molecular flexibility index (Phi) is 4.43. The Hall–Kier alpha value is -3.09. The van der Waals surface area contributed by atoms with Crippen molar-refractivity contribution in [2.75, 3.05) is 13.2 Å². The van der Waals surface area contributed by atoms with Crippen molar-refractivity contribution in [1.29, 1.82) is 0 Å². The van der Waals surface area contributed by atoms with Gasteiger partial charge in [0.15, 0.2) is 0 Å². The average Bonchev–Trinajstić information content (AvgIpc) is 3.38. The molecule has 1 aliphatic heterocycles. The molecule has 0 saturated carbocycles. The number of benzene rings is 1. The van der Waals surface area contributed by atoms with Crippen LogP contribution >= 0.6 is 0 Å². The minimum atomic E-state index is -0.0959. The Labute approximate surface area is 150 Å². The maximum atomic E-state index is 12.2. The molecule has 1 saturated heterocycles. The van der Waals surface area contributed by atoms with Gasteiger partial charge in [0.1, 0.15) is 11.5 Å². The maximum absolute atomic E-state index is 12.2. The molecule has 1 amide bonds. The van der Waals surface area contributed by atoms with Crippen LogP contribution in [0.15, 0.2) is 51.6 Å². The highest BCUT2D eigenvalue weighted by atomic mass is 16.5. The third-order valence-electron chi connectivity index (χ3n) is 4.36. The second-order valence-electron chi connectivity index (χ2n) is 6.17. The number of carbonyl (C=O) groups is 1. The first-order valence-corrected chi connectivity index (χ1v) is 8.60. The molecule has 7 heteroatoms. The number of nitrogens with zero attached hydrogens (tertiary/aromatic N) is 3. The van der Waals surface area contributed by atoms with Gasteiger partial charge >= 0.3 is 0 Å². The number of rotatable bonds is 6. The monoisotopic (exact) mass is 353 g/mol. The van der Waals surface area contributed by atoms with Crippen LogP contribution in [0.4, 0.5) is 0 Å². The predicted molar refractivity (Wildman–Crippen MR) is 92.4 cm³/mol. The first-order chi connectivity index (χ1) is 12.7. The summed E-state index contributed by atoms with van der Waals surface area (Å²) in [6.45, 7) is 3.57. The summed E-state index contributed by atoms with van der Waals surface area (Å²) in [7, 11) is 0. The van der Waals surface area contributed by atoms with Crippen molar-refractivity contribution in [3.63, 3.8) is 0 Å². The zero-order valence-electron chi connectivity index (χ0n) is 14.4. The van der Waals surface area contributed by atoms with Crippen molar-refractivity contribution in [3.05, 3.63) is 54.3 Å². The molecule has 1 aliphatic rings. The number of hydrogen-bond donors (Lipinski definition) is 0. The number of carbonyl (C=O) groups excluding carboxylic acids is 1. The smallest absolute Gasteiger partial charge is 0.232 e. The quantitative estimate of drug-likeness (QED) is 0.677. The molecule has 0 spiro atoms. The molecule has 134 valence electrons. The Morgan fingerprint density at radius 2 is 2.12 bits per heavy atom. The van der Waals surface area contributed by atoms with Crippen molar-refractivity contribution >= 4 is 5.91 Å². The van der Waals surface area contributed by atoms with Crippen LogP contribution in [0.25, 0.3) is 11.4 Å². The molecule has 0 aliphatic carbocycles. The number of aromatic nitrogens is 2. The zero-order valence-corrected chi connectivity index (χ0v) is 14.4. The number of hydrogen-bond acceptors (Lipinski definition) is 6. The van der Waals surface area contributed by atoms with Crippen LogP contribution in [0.2, 0.25) is 0 Å². The summed E-state index contributed by atoms with van der Waals surface area (Å²) in [5.41, 5.74) is 0.847. The molecule has 2 aromatic heterocycles. The molecule has 0 bridgehead atoms. The molecular formula is C19H19N3O4. The van der Waals surface area contributed by atoms with Gasteiger partial charge in [-0.05, 0) is 43.3 Å². The fourth-order valence-corrected chi connectivity index (χ4v) is 3.07. The molecule has 7 nitrogen and oxygen atoms in total. The van der Waals surface area contributed by atoms with E-state index in [1.807, 2.05) is 43.3 Å². The number of likely N-dealkylation sites (tertiary alicyclic amines) is 1. The van der Waals surface area contributed by atoms with Gasteiger partial charge in [0.2, 0.25) is 17.6 Å². The summed E-state index contributed by atoms with van der Waals surface area (Å²) in [5.74, 6) is 2.53. The first kappa shape index (κ1) is 16.4. The standard InChI is InChI=1S/C19H19N3O4/c1-2-24-15-7-5-13(6-8-15)18-20-19(26-21-18)14-10-17(23)22(11-14)12-16-4-3-9-25-16/h3-9,14H,2,10-12H2,1H3. The molecule has 1 fully saturated rings. The van der Waals surface area contributed by atoms with E-state index >= 15 is 0 Å². The summed E-state index contributed by atoms with van der Waals surface area (Å²) in [6, 6.07) is 11.2. The van der Waals surface area contributed by atoms with Crippen LogP contribution in [0.1, 0.15) is 30.9 Å². The van der Waals surface area contributed by atoms with E-state index < -0.39 is 0 Å². The summed E-state index contributed by atoms with van der Waals surface area (Å²) in [6.07, 6.45) is 1.97. The van der Waals surface area contributed by atoms with E-state index in [0.717, 1.165) is 17.1 Å². The van der Waals surface area contributed by atoms with Gasteiger partial charge < -0.3 is 18.6 Å². The molecule has 0 radical (unpaired) electrons. The Balaban J connectivity index is 1.45. The second kappa shape index (κ2) is 7.03. The molecule has 1 unspecified atom stereocenters. The third kappa shape index (κ3) is 3.33. The van der Waals surface area contributed by atoms with Gasteiger partial charge in [0.25, 0.3) is 0 Å². The lowest BCUT2D eigenvalue weighted by molar-refractivity contribution is -0.128. The first-order valence-electron chi connectivity index (χ1n) is 8.60. The van der Waals surface area contributed by atoms with Crippen LogP contribution in [0.3, 0.4) is 0 Å². The van der Waals surface area contributed by atoms with Crippen LogP contribution < -0.4 is 4.74 Å². The highest BCUT2D eigenvalue weighted by Gasteiger charge is 2.34. The SMILES string of the molecule is CCOc1ccc(-c2noc(C3CC(=O)N(Cc4ccco4)C3)n2)cc1. The minimum absolute atomic E-state index is 0.0622. The van der Waals surface area contributed by atoms with Gasteiger partial charge in [-0.15, -0.1) is 0 Å². The van der Waals surface area contributed by atoms with E-state index in [0.29, 0.717) is 37.8 Å². The van der Waals surface area contributed by atoms with E-state index in [-0.39, 0.29) is 11.8 Å². The Morgan fingerprint density at radius 3 is 2.85 bits per heavy atom. The predicted octanol–water partition coefficient (Wildman–Crippen LogP) is 3.24. The van der Waals surface area contributed by atoms with Crippen LogP contribution in [-0.4, -0.2) is 34.1 Å². The lowest BCUT2D eigenvalue weighted by atomic mass is 10.1. The highest BCUT2D eigenvalue weighted by Crippen LogP contribution is 2.30. The zero-order chi connectivity index (χ0) is 17.9. The van der Waals surface area contributed by atoms with Crippen molar-refractivity contribution in [2.45, 2.75) is 25.8 Å². The number of ether oxygens (including phenoxy) is 1. The minimum Gasteiger partial charge on any atom is -0.494 e. The molecule has 1 aromatic carbocycles. The van der Waals surface area contributed by atoms with E-state index in [9.17, 15) is 4.79 Å². The lowest BCUT2D eigenvalue weighted by Gasteiger charge is -2.13. The highest BCUT2D eigenvalue weighted by molar-refractivity contribution is 5.79.